The molecule has 10 aromatic carbocycles. The van der Waals surface area contributed by atoms with Crippen LogP contribution < -0.4 is 14.7 Å². The molecule has 0 saturated heterocycles. The Morgan fingerprint density at radius 1 is 0.219 bits per heavy atom. The van der Waals surface area contributed by atoms with E-state index in [9.17, 15) is 0 Å². The molecule has 11 rings (SSSR count). The lowest BCUT2D eigenvalue weighted by molar-refractivity contribution is 1.18. The van der Waals surface area contributed by atoms with E-state index >= 15 is 0 Å². The third kappa shape index (κ3) is 7.33. The summed E-state index contributed by atoms with van der Waals surface area (Å²) in [6.45, 7) is 0. The summed E-state index contributed by atoms with van der Waals surface area (Å²) in [5.41, 5.74) is 15.3. The van der Waals surface area contributed by atoms with Crippen LogP contribution in [0.4, 0.5) is 51.2 Å². The van der Waals surface area contributed by atoms with Crippen LogP contribution in [0.25, 0.3) is 38.6 Å². The molecule has 0 spiro atoms. The van der Waals surface area contributed by atoms with E-state index in [4.69, 9.17) is 0 Å². The van der Waals surface area contributed by atoms with E-state index in [-0.39, 0.29) is 0 Å². The molecular weight excluding hydrogens is 777 g/mol. The Labute approximate surface area is 374 Å². The smallest absolute Gasteiger partial charge is 0.0561 e. The Morgan fingerprint density at radius 3 is 1.08 bits per heavy atom. The van der Waals surface area contributed by atoms with E-state index in [0.717, 1.165) is 67.9 Å². The van der Waals surface area contributed by atoms with Crippen LogP contribution >= 0.6 is 0 Å². The van der Waals surface area contributed by atoms with Gasteiger partial charge < -0.3 is 19.3 Å². The lowest BCUT2D eigenvalue weighted by atomic mass is 10.1. The van der Waals surface area contributed by atoms with E-state index in [2.05, 4.69) is 286 Å². The van der Waals surface area contributed by atoms with Gasteiger partial charge in [0.25, 0.3) is 0 Å². The molecule has 0 aliphatic heterocycles. The van der Waals surface area contributed by atoms with Crippen molar-refractivity contribution < 1.29 is 0 Å². The molecule has 11 aromatic rings. The van der Waals surface area contributed by atoms with Gasteiger partial charge in [0.05, 0.1) is 11.0 Å². The van der Waals surface area contributed by atoms with Crippen LogP contribution in [0.3, 0.4) is 0 Å². The summed E-state index contributed by atoms with van der Waals surface area (Å²) in [5.74, 6) is 0. The van der Waals surface area contributed by atoms with Crippen LogP contribution in [-0.2, 0) is 0 Å². The largest absolute Gasteiger partial charge is 0.310 e. The summed E-state index contributed by atoms with van der Waals surface area (Å²) >= 11 is 0. The van der Waals surface area contributed by atoms with Crippen molar-refractivity contribution in [1.82, 2.24) is 4.57 Å². The molecule has 0 N–H and O–H groups in total. The second-order valence-corrected chi connectivity index (χ2v) is 15.9. The van der Waals surface area contributed by atoms with E-state index < -0.39 is 0 Å². The van der Waals surface area contributed by atoms with Gasteiger partial charge >= 0.3 is 0 Å². The van der Waals surface area contributed by atoms with Crippen molar-refractivity contribution >= 4 is 73.0 Å². The molecule has 0 aliphatic rings. The van der Waals surface area contributed by atoms with Gasteiger partial charge in [0.15, 0.2) is 0 Å². The Morgan fingerprint density at radius 2 is 0.578 bits per heavy atom. The van der Waals surface area contributed by atoms with Crippen LogP contribution in [0.15, 0.2) is 267 Å². The fourth-order valence-corrected chi connectivity index (χ4v) is 9.02. The molecule has 1 heterocycles. The average Bonchev–Trinajstić information content (AvgIpc) is 3.70. The van der Waals surface area contributed by atoms with Crippen LogP contribution in [0.5, 0.6) is 0 Å². The van der Waals surface area contributed by atoms with Crippen molar-refractivity contribution in [3.8, 4) is 16.8 Å². The number of nitrogens with zero attached hydrogens (tertiary/aromatic N) is 4. The number of hydrogen-bond donors (Lipinski definition) is 0. The third-order valence-electron chi connectivity index (χ3n) is 11.9. The van der Waals surface area contributed by atoms with Gasteiger partial charge in [-0.1, -0.05) is 152 Å². The van der Waals surface area contributed by atoms with Gasteiger partial charge in [-0.05, 0) is 126 Å². The third-order valence-corrected chi connectivity index (χ3v) is 11.9. The van der Waals surface area contributed by atoms with Gasteiger partial charge in [0.1, 0.15) is 0 Å². The zero-order valence-electron chi connectivity index (χ0n) is 35.2. The Balaban J connectivity index is 1.13. The Kier molecular flexibility index (Phi) is 10.2. The van der Waals surface area contributed by atoms with Crippen molar-refractivity contribution in [1.29, 1.82) is 0 Å². The van der Waals surface area contributed by atoms with Crippen molar-refractivity contribution in [2.24, 2.45) is 0 Å². The minimum absolute atomic E-state index is 1.03. The second kappa shape index (κ2) is 17.0. The summed E-state index contributed by atoms with van der Waals surface area (Å²) in [7, 11) is 0. The maximum atomic E-state index is 2.42. The highest BCUT2D eigenvalue weighted by molar-refractivity contribution is 6.10. The standard InChI is InChI=1S/C60H44N4/c1-6-21-45(22-7-1)46-23-18-32-51(41-46)64-59-38-17-16-37-57(59)58-40-39-56(44-60(58)64)63(54-35-19-33-52(42-54)61(47-24-8-2-9-25-47)48-26-10-3-11-27-48)55-36-20-34-53(43-55)62(49-28-12-4-13-29-49)50-30-14-5-15-31-50/h1-44H. The maximum Gasteiger partial charge on any atom is 0.0561 e. The van der Waals surface area contributed by atoms with Crippen LogP contribution in [0.2, 0.25) is 0 Å². The minimum atomic E-state index is 1.03. The molecular formula is C60H44N4. The van der Waals surface area contributed by atoms with E-state index in [1.807, 2.05) is 0 Å². The van der Waals surface area contributed by atoms with Gasteiger partial charge in [-0.15, -0.1) is 0 Å². The SMILES string of the molecule is c1ccc(-c2cccc(-n3c4ccccc4c4ccc(N(c5cccc(N(c6ccccc6)c6ccccc6)c5)c5cccc(N(c6ccccc6)c6ccccc6)c5)cc43)c2)cc1. The molecule has 0 saturated carbocycles. The van der Waals surface area contributed by atoms with E-state index in [0.29, 0.717) is 0 Å². The first-order chi connectivity index (χ1) is 31.8. The Bertz CT molecular complexity index is 3120. The first-order valence-corrected chi connectivity index (χ1v) is 21.8. The summed E-state index contributed by atoms with van der Waals surface area (Å²) in [4.78, 5) is 7.05. The number of rotatable bonds is 11. The van der Waals surface area contributed by atoms with Gasteiger partial charge in [0, 0.05) is 67.6 Å². The fraction of sp³-hybridized carbons (Fsp3) is 0. The molecule has 304 valence electrons. The first-order valence-electron chi connectivity index (χ1n) is 21.8. The molecule has 0 unspecified atom stereocenters. The number of aromatic nitrogens is 1. The monoisotopic (exact) mass is 820 g/mol. The van der Waals surface area contributed by atoms with Crippen molar-refractivity contribution in [3.63, 3.8) is 0 Å². The molecule has 64 heavy (non-hydrogen) atoms. The van der Waals surface area contributed by atoms with Crippen molar-refractivity contribution in [3.05, 3.63) is 267 Å². The van der Waals surface area contributed by atoms with Gasteiger partial charge in [-0.2, -0.15) is 0 Å². The zero-order valence-corrected chi connectivity index (χ0v) is 35.2. The molecule has 4 heteroatoms. The molecule has 0 radical (unpaired) electrons. The summed E-state index contributed by atoms with van der Waals surface area (Å²) in [6, 6.07) is 95.4. The van der Waals surface area contributed by atoms with E-state index in [1.165, 1.54) is 21.9 Å². The van der Waals surface area contributed by atoms with Gasteiger partial charge in [-0.25, -0.2) is 0 Å². The molecule has 0 fully saturated rings. The number of anilines is 9. The zero-order chi connectivity index (χ0) is 42.7. The van der Waals surface area contributed by atoms with Crippen LogP contribution in [0.1, 0.15) is 0 Å². The number of para-hydroxylation sites is 5. The summed E-state index contributed by atoms with van der Waals surface area (Å²) in [6.07, 6.45) is 0. The fourth-order valence-electron chi connectivity index (χ4n) is 9.02. The van der Waals surface area contributed by atoms with Crippen molar-refractivity contribution in [2.75, 3.05) is 14.7 Å². The quantitative estimate of drug-likeness (QED) is 0.129. The highest BCUT2D eigenvalue weighted by Crippen LogP contribution is 2.45. The van der Waals surface area contributed by atoms with Gasteiger partial charge in [0.2, 0.25) is 0 Å². The number of benzene rings is 10. The average molecular weight is 821 g/mol. The predicted molar refractivity (Wildman–Crippen MR) is 270 cm³/mol. The molecule has 0 amide bonds. The number of fused-ring (bicyclic) bond motifs is 3. The van der Waals surface area contributed by atoms with Crippen molar-refractivity contribution in [2.45, 2.75) is 0 Å². The Hall–Kier alpha value is -8.60. The van der Waals surface area contributed by atoms with Gasteiger partial charge in [-0.3, -0.25) is 0 Å². The minimum Gasteiger partial charge on any atom is -0.310 e. The predicted octanol–water partition coefficient (Wildman–Crippen LogP) is 16.9. The van der Waals surface area contributed by atoms with Crippen LogP contribution in [0, 0.1) is 0 Å². The molecule has 0 bridgehead atoms. The molecule has 0 aliphatic carbocycles. The highest BCUT2D eigenvalue weighted by Gasteiger charge is 2.21. The summed E-state index contributed by atoms with van der Waals surface area (Å²) < 4.78 is 2.42. The topological polar surface area (TPSA) is 14.7 Å². The summed E-state index contributed by atoms with van der Waals surface area (Å²) in [5, 5.41) is 2.41. The lowest BCUT2D eigenvalue weighted by Gasteiger charge is -2.31. The molecule has 4 nitrogen and oxygen atoms in total. The normalized spacial score (nSPS) is 11.1. The van der Waals surface area contributed by atoms with Crippen LogP contribution in [-0.4, -0.2) is 4.57 Å². The lowest BCUT2D eigenvalue weighted by Crippen LogP contribution is -2.14. The first kappa shape index (κ1) is 38.3. The molecule has 0 atom stereocenters. The number of hydrogen-bond acceptors (Lipinski definition) is 3. The maximum absolute atomic E-state index is 2.42. The van der Waals surface area contributed by atoms with E-state index in [1.54, 1.807) is 0 Å². The molecule has 1 aromatic heterocycles. The highest BCUT2D eigenvalue weighted by atomic mass is 15.2. The second-order valence-electron chi connectivity index (χ2n) is 15.9.